The summed E-state index contributed by atoms with van der Waals surface area (Å²) in [6.45, 7) is 13.3. The van der Waals surface area contributed by atoms with Gasteiger partial charge in [0.15, 0.2) is 0 Å². The van der Waals surface area contributed by atoms with Gasteiger partial charge in [-0.3, -0.25) is 9.59 Å². The van der Waals surface area contributed by atoms with Gasteiger partial charge in [-0.2, -0.15) is 0 Å². The summed E-state index contributed by atoms with van der Waals surface area (Å²) >= 11 is 0. The van der Waals surface area contributed by atoms with Crippen LogP contribution in [0.2, 0.25) is 0 Å². The molecule has 5 nitrogen and oxygen atoms in total. The van der Waals surface area contributed by atoms with Gasteiger partial charge in [-0.15, -0.1) is 0 Å². The summed E-state index contributed by atoms with van der Waals surface area (Å²) in [7, 11) is 0. The van der Waals surface area contributed by atoms with Crippen LogP contribution in [0.15, 0.2) is 24.3 Å². The fourth-order valence-electron chi connectivity index (χ4n) is 4.92. The Labute approximate surface area is 169 Å². The molecule has 0 spiro atoms. The van der Waals surface area contributed by atoms with Gasteiger partial charge in [-0.05, 0) is 45.3 Å². The summed E-state index contributed by atoms with van der Waals surface area (Å²) in [5.74, 6) is 0.397. The highest BCUT2D eigenvalue weighted by molar-refractivity contribution is 5.91. The molecule has 0 radical (unpaired) electrons. The molecular formula is C23H35N3O2. The molecule has 2 saturated heterocycles. The first-order valence-corrected chi connectivity index (χ1v) is 10.8. The smallest absolute Gasteiger partial charge is 0.235 e. The molecule has 154 valence electrons. The van der Waals surface area contributed by atoms with Gasteiger partial charge in [0.2, 0.25) is 11.8 Å². The van der Waals surface area contributed by atoms with Crippen molar-refractivity contribution < 1.29 is 9.59 Å². The van der Waals surface area contributed by atoms with Crippen LogP contribution >= 0.6 is 0 Å². The van der Waals surface area contributed by atoms with E-state index in [9.17, 15) is 9.59 Å². The predicted molar refractivity (Wildman–Crippen MR) is 112 cm³/mol. The van der Waals surface area contributed by atoms with Crippen molar-refractivity contribution in [1.82, 2.24) is 14.7 Å². The van der Waals surface area contributed by atoms with Crippen molar-refractivity contribution in [2.24, 2.45) is 0 Å². The van der Waals surface area contributed by atoms with Crippen molar-refractivity contribution in [2.45, 2.75) is 58.4 Å². The number of benzene rings is 1. The SMILES string of the molecule is CCN(CC)CCN(CC)C(=O)[C@@]1(c2cccc(C)c2)C[C@@H]2CCC(=O)N2C1. The van der Waals surface area contributed by atoms with Crippen molar-refractivity contribution in [3.8, 4) is 0 Å². The molecule has 1 aromatic carbocycles. The fourth-order valence-corrected chi connectivity index (χ4v) is 4.92. The number of likely N-dealkylation sites (N-methyl/N-ethyl adjacent to an activating group) is 2. The third-order valence-corrected chi connectivity index (χ3v) is 6.71. The lowest BCUT2D eigenvalue weighted by Gasteiger charge is -2.35. The Morgan fingerprint density at radius 2 is 1.93 bits per heavy atom. The van der Waals surface area contributed by atoms with E-state index in [-0.39, 0.29) is 17.9 Å². The molecule has 2 aliphatic heterocycles. The minimum absolute atomic E-state index is 0.190. The molecule has 28 heavy (non-hydrogen) atoms. The number of nitrogens with zero attached hydrogens (tertiary/aromatic N) is 3. The predicted octanol–water partition coefficient (Wildman–Crippen LogP) is 2.82. The molecule has 0 saturated carbocycles. The Kier molecular flexibility index (Phi) is 6.43. The fraction of sp³-hybridized carbons (Fsp3) is 0.652. The minimum atomic E-state index is -0.605. The van der Waals surface area contributed by atoms with Crippen LogP contribution in [0.1, 0.15) is 51.2 Å². The molecule has 2 atom stereocenters. The van der Waals surface area contributed by atoms with E-state index in [0.717, 1.165) is 50.1 Å². The Bertz CT molecular complexity index is 716. The maximum absolute atomic E-state index is 13.9. The molecule has 0 unspecified atom stereocenters. The number of amides is 2. The van der Waals surface area contributed by atoms with E-state index in [0.29, 0.717) is 19.5 Å². The highest BCUT2D eigenvalue weighted by Gasteiger charge is 2.54. The lowest BCUT2D eigenvalue weighted by atomic mass is 9.76. The van der Waals surface area contributed by atoms with E-state index in [1.54, 1.807) is 0 Å². The molecule has 2 fully saturated rings. The summed E-state index contributed by atoms with van der Waals surface area (Å²) in [6.07, 6.45) is 2.26. The standard InChI is InChI=1S/C23H35N3O2/c1-5-24(6-2)13-14-25(7-3)22(28)23(19-10-8-9-18(4)15-19)16-20-11-12-21(27)26(20)17-23/h8-10,15,20H,5-7,11-14,16-17H2,1-4H3/t20-,23-/m0/s1. The lowest BCUT2D eigenvalue weighted by molar-refractivity contribution is -0.137. The number of rotatable bonds is 8. The molecule has 0 N–H and O–H groups in total. The van der Waals surface area contributed by atoms with E-state index < -0.39 is 5.41 Å². The third-order valence-electron chi connectivity index (χ3n) is 6.71. The van der Waals surface area contributed by atoms with Crippen LogP contribution in [0.3, 0.4) is 0 Å². The van der Waals surface area contributed by atoms with Gasteiger partial charge in [-0.1, -0.05) is 43.7 Å². The number of carbonyl (C=O) groups is 2. The molecule has 2 heterocycles. The second-order valence-electron chi connectivity index (χ2n) is 8.28. The van der Waals surface area contributed by atoms with E-state index in [4.69, 9.17) is 0 Å². The first kappa shape index (κ1) is 20.8. The molecule has 2 amide bonds. The maximum atomic E-state index is 13.9. The largest absolute Gasteiger partial charge is 0.341 e. The van der Waals surface area contributed by atoms with Gasteiger partial charge in [0.25, 0.3) is 0 Å². The maximum Gasteiger partial charge on any atom is 0.235 e. The third kappa shape index (κ3) is 3.82. The summed E-state index contributed by atoms with van der Waals surface area (Å²) < 4.78 is 0. The van der Waals surface area contributed by atoms with Crippen molar-refractivity contribution >= 4 is 11.8 Å². The molecule has 2 aliphatic rings. The first-order chi connectivity index (χ1) is 13.4. The average Bonchev–Trinajstić information content (AvgIpc) is 3.25. The van der Waals surface area contributed by atoms with Gasteiger partial charge in [0.05, 0.1) is 5.41 Å². The quantitative estimate of drug-likeness (QED) is 0.691. The van der Waals surface area contributed by atoms with Gasteiger partial charge < -0.3 is 14.7 Å². The topological polar surface area (TPSA) is 43.9 Å². The molecule has 5 heteroatoms. The van der Waals surface area contributed by atoms with Gasteiger partial charge in [-0.25, -0.2) is 0 Å². The Morgan fingerprint density at radius 1 is 1.18 bits per heavy atom. The van der Waals surface area contributed by atoms with Crippen LogP contribution in [0.25, 0.3) is 0 Å². The number of fused-ring (bicyclic) bond motifs is 1. The summed E-state index contributed by atoms with van der Waals surface area (Å²) in [6, 6.07) is 8.54. The second kappa shape index (κ2) is 8.64. The highest BCUT2D eigenvalue weighted by Crippen LogP contribution is 2.44. The molecular weight excluding hydrogens is 350 g/mol. The van der Waals surface area contributed by atoms with E-state index in [1.807, 2.05) is 15.9 Å². The molecule has 1 aromatic rings. The molecule has 3 rings (SSSR count). The van der Waals surface area contributed by atoms with Crippen molar-refractivity contribution in [3.05, 3.63) is 35.4 Å². The van der Waals surface area contributed by atoms with Crippen molar-refractivity contribution in [2.75, 3.05) is 39.3 Å². The minimum Gasteiger partial charge on any atom is -0.341 e. The van der Waals surface area contributed by atoms with Crippen LogP contribution in [-0.2, 0) is 15.0 Å². The van der Waals surface area contributed by atoms with Crippen LogP contribution in [-0.4, -0.2) is 71.8 Å². The van der Waals surface area contributed by atoms with E-state index in [2.05, 4.69) is 50.8 Å². The zero-order chi connectivity index (χ0) is 20.3. The Hall–Kier alpha value is -1.88. The van der Waals surface area contributed by atoms with Crippen molar-refractivity contribution in [3.63, 3.8) is 0 Å². The second-order valence-corrected chi connectivity index (χ2v) is 8.28. The van der Waals surface area contributed by atoms with Gasteiger partial charge >= 0.3 is 0 Å². The Balaban J connectivity index is 1.90. The number of hydrogen-bond donors (Lipinski definition) is 0. The van der Waals surface area contributed by atoms with Crippen LogP contribution in [0.4, 0.5) is 0 Å². The van der Waals surface area contributed by atoms with Crippen LogP contribution in [0, 0.1) is 6.92 Å². The normalized spacial score (nSPS) is 24.1. The number of aryl methyl sites for hydroxylation is 1. The van der Waals surface area contributed by atoms with Gasteiger partial charge in [0.1, 0.15) is 0 Å². The summed E-state index contributed by atoms with van der Waals surface area (Å²) in [5, 5.41) is 0. The summed E-state index contributed by atoms with van der Waals surface area (Å²) in [5.41, 5.74) is 1.63. The summed E-state index contributed by atoms with van der Waals surface area (Å²) in [4.78, 5) is 32.6. The molecule has 0 aromatic heterocycles. The number of hydrogen-bond acceptors (Lipinski definition) is 3. The first-order valence-electron chi connectivity index (χ1n) is 10.8. The molecule has 0 aliphatic carbocycles. The van der Waals surface area contributed by atoms with Crippen molar-refractivity contribution in [1.29, 1.82) is 0 Å². The zero-order valence-corrected chi connectivity index (χ0v) is 17.9. The highest BCUT2D eigenvalue weighted by atomic mass is 16.2. The van der Waals surface area contributed by atoms with E-state index in [1.165, 1.54) is 0 Å². The average molecular weight is 386 g/mol. The number of carbonyl (C=O) groups excluding carboxylic acids is 2. The van der Waals surface area contributed by atoms with E-state index >= 15 is 0 Å². The van der Waals surface area contributed by atoms with Crippen LogP contribution in [0.5, 0.6) is 0 Å². The Morgan fingerprint density at radius 3 is 2.54 bits per heavy atom. The van der Waals surface area contributed by atoms with Crippen LogP contribution < -0.4 is 0 Å². The van der Waals surface area contributed by atoms with Gasteiger partial charge in [0, 0.05) is 38.6 Å². The zero-order valence-electron chi connectivity index (χ0n) is 17.9. The monoisotopic (exact) mass is 385 g/mol. The lowest BCUT2D eigenvalue weighted by Crippen LogP contribution is -2.50. The molecule has 0 bridgehead atoms.